The topological polar surface area (TPSA) is 92.0 Å². The van der Waals surface area contributed by atoms with Crippen molar-refractivity contribution in [2.75, 3.05) is 39.4 Å². The molecular formula is C20H33N5O3. The summed E-state index contributed by atoms with van der Waals surface area (Å²) in [5.41, 5.74) is 1.04. The number of nitro groups is 1. The molecule has 1 heterocycles. The van der Waals surface area contributed by atoms with Gasteiger partial charge in [0, 0.05) is 37.8 Å². The van der Waals surface area contributed by atoms with Gasteiger partial charge in [0.05, 0.1) is 24.7 Å². The number of guanidine groups is 1. The van der Waals surface area contributed by atoms with Crippen molar-refractivity contribution in [1.82, 2.24) is 15.5 Å². The quantitative estimate of drug-likeness (QED) is 0.221. The summed E-state index contributed by atoms with van der Waals surface area (Å²) >= 11 is 0. The van der Waals surface area contributed by atoms with Crippen molar-refractivity contribution < 1.29 is 9.66 Å². The van der Waals surface area contributed by atoms with Crippen molar-refractivity contribution >= 4 is 11.6 Å². The zero-order valence-corrected chi connectivity index (χ0v) is 17.2. The van der Waals surface area contributed by atoms with Crippen LogP contribution in [0.2, 0.25) is 0 Å². The van der Waals surface area contributed by atoms with Crippen LogP contribution in [0.5, 0.6) is 0 Å². The van der Waals surface area contributed by atoms with Gasteiger partial charge in [0.25, 0.3) is 5.69 Å². The number of aliphatic imine (C=N–C) groups is 1. The second-order valence-electron chi connectivity index (χ2n) is 7.50. The minimum atomic E-state index is -0.389. The Kier molecular flexibility index (Phi) is 9.16. The molecule has 0 aliphatic carbocycles. The Hall–Kier alpha value is -2.19. The van der Waals surface area contributed by atoms with E-state index in [0.717, 1.165) is 57.3 Å². The summed E-state index contributed by atoms with van der Waals surface area (Å²) in [7, 11) is 0. The first kappa shape index (κ1) is 22.1. The van der Waals surface area contributed by atoms with Gasteiger partial charge in [-0.25, -0.2) is 4.99 Å². The van der Waals surface area contributed by atoms with E-state index >= 15 is 0 Å². The Labute approximate surface area is 167 Å². The largest absolute Gasteiger partial charge is 0.379 e. The van der Waals surface area contributed by atoms with E-state index in [1.54, 1.807) is 12.1 Å². The number of rotatable bonds is 9. The van der Waals surface area contributed by atoms with Crippen LogP contribution in [0.4, 0.5) is 5.69 Å². The first-order valence-corrected chi connectivity index (χ1v) is 10.0. The van der Waals surface area contributed by atoms with E-state index in [1.165, 1.54) is 12.1 Å². The van der Waals surface area contributed by atoms with Gasteiger partial charge in [-0.05, 0) is 31.4 Å². The van der Waals surface area contributed by atoms with Crippen LogP contribution in [-0.4, -0.2) is 61.2 Å². The molecule has 0 amide bonds. The molecule has 28 heavy (non-hydrogen) atoms. The first-order valence-electron chi connectivity index (χ1n) is 10.0. The fourth-order valence-corrected chi connectivity index (χ4v) is 2.76. The van der Waals surface area contributed by atoms with Crippen LogP contribution >= 0.6 is 0 Å². The smallest absolute Gasteiger partial charge is 0.269 e. The molecule has 2 rings (SSSR count). The highest BCUT2D eigenvalue weighted by molar-refractivity contribution is 5.80. The van der Waals surface area contributed by atoms with Crippen molar-refractivity contribution in [1.29, 1.82) is 0 Å². The van der Waals surface area contributed by atoms with Crippen LogP contribution in [0.1, 0.15) is 32.8 Å². The number of morpholine rings is 1. The Balaban J connectivity index is 1.87. The maximum Gasteiger partial charge on any atom is 0.269 e. The second-order valence-corrected chi connectivity index (χ2v) is 7.50. The molecule has 0 aromatic heterocycles. The molecule has 8 heteroatoms. The Morgan fingerprint density at radius 1 is 1.25 bits per heavy atom. The van der Waals surface area contributed by atoms with Gasteiger partial charge in [-0.3, -0.25) is 15.0 Å². The second kappa shape index (κ2) is 11.6. The summed E-state index contributed by atoms with van der Waals surface area (Å²) in [6.07, 6.45) is 1.04. The molecular weight excluding hydrogens is 358 g/mol. The predicted molar refractivity (Wildman–Crippen MR) is 112 cm³/mol. The molecule has 1 fully saturated rings. The van der Waals surface area contributed by atoms with E-state index in [0.29, 0.717) is 18.5 Å². The normalized spacial score (nSPS) is 16.8. The van der Waals surface area contributed by atoms with Crippen LogP contribution in [-0.2, 0) is 11.3 Å². The lowest BCUT2D eigenvalue weighted by Gasteiger charge is -2.26. The molecule has 2 N–H and O–H groups in total. The molecule has 0 radical (unpaired) electrons. The predicted octanol–water partition coefficient (Wildman–Crippen LogP) is 2.40. The number of benzene rings is 1. The monoisotopic (exact) mass is 391 g/mol. The minimum absolute atomic E-state index is 0.0979. The van der Waals surface area contributed by atoms with Gasteiger partial charge in [-0.1, -0.05) is 26.0 Å². The molecule has 156 valence electrons. The molecule has 1 atom stereocenters. The maximum absolute atomic E-state index is 10.8. The number of non-ortho nitro benzene ring substituents is 1. The van der Waals surface area contributed by atoms with Crippen LogP contribution < -0.4 is 10.6 Å². The molecule has 1 unspecified atom stereocenters. The molecule has 8 nitrogen and oxygen atoms in total. The van der Waals surface area contributed by atoms with E-state index < -0.39 is 0 Å². The molecule has 0 saturated carbocycles. The van der Waals surface area contributed by atoms with Crippen LogP contribution in [0.3, 0.4) is 0 Å². The van der Waals surface area contributed by atoms with Gasteiger partial charge in [0.2, 0.25) is 0 Å². The zero-order chi connectivity index (χ0) is 20.4. The van der Waals surface area contributed by atoms with E-state index in [2.05, 4.69) is 41.3 Å². The average molecular weight is 392 g/mol. The molecule has 0 spiro atoms. The highest BCUT2D eigenvalue weighted by Crippen LogP contribution is 2.12. The number of nitrogens with zero attached hydrogens (tertiary/aromatic N) is 3. The zero-order valence-electron chi connectivity index (χ0n) is 17.2. The lowest BCUT2D eigenvalue weighted by atomic mass is 10.1. The lowest BCUT2D eigenvalue weighted by Crippen LogP contribution is -2.45. The van der Waals surface area contributed by atoms with Gasteiger partial charge in [0.15, 0.2) is 5.96 Å². The number of nitrogens with one attached hydrogen (secondary N) is 2. The highest BCUT2D eigenvalue weighted by atomic mass is 16.6. The first-order chi connectivity index (χ1) is 13.5. The van der Waals surface area contributed by atoms with E-state index in [1.807, 2.05) is 0 Å². The third kappa shape index (κ3) is 7.82. The number of hydrogen-bond acceptors (Lipinski definition) is 5. The maximum atomic E-state index is 10.8. The average Bonchev–Trinajstić information content (AvgIpc) is 2.70. The van der Waals surface area contributed by atoms with Gasteiger partial charge in [-0.2, -0.15) is 0 Å². The SMILES string of the molecule is CC(C)C(C)NC(=NCc1ccc([N+](=O)[O-])cc1)NCCCN1CCOCC1. The molecule has 1 aliphatic rings. The third-order valence-electron chi connectivity index (χ3n) is 4.98. The number of nitro benzene ring substituents is 1. The number of ether oxygens (including phenoxy) is 1. The summed E-state index contributed by atoms with van der Waals surface area (Å²) in [4.78, 5) is 17.5. The number of hydrogen-bond donors (Lipinski definition) is 2. The summed E-state index contributed by atoms with van der Waals surface area (Å²) in [6, 6.07) is 6.84. The summed E-state index contributed by atoms with van der Waals surface area (Å²) in [5.74, 6) is 1.27. The molecule has 1 aliphatic heterocycles. The molecule has 1 saturated heterocycles. The van der Waals surface area contributed by atoms with Gasteiger partial charge in [-0.15, -0.1) is 0 Å². The summed E-state index contributed by atoms with van der Waals surface area (Å²) in [6.45, 7) is 12.5. The van der Waals surface area contributed by atoms with Gasteiger partial charge < -0.3 is 15.4 Å². The highest BCUT2D eigenvalue weighted by Gasteiger charge is 2.11. The summed E-state index contributed by atoms with van der Waals surface area (Å²) in [5, 5.41) is 17.6. The van der Waals surface area contributed by atoms with Crippen molar-refractivity contribution in [2.45, 2.75) is 39.8 Å². The standard InChI is InChI=1S/C20H33N5O3/c1-16(2)17(3)23-20(21-9-4-10-24-11-13-28-14-12-24)22-15-18-5-7-19(8-6-18)25(26)27/h5-8,16-17H,4,9-15H2,1-3H3,(H2,21,22,23). The van der Waals surface area contributed by atoms with E-state index in [4.69, 9.17) is 4.74 Å². The van der Waals surface area contributed by atoms with E-state index in [-0.39, 0.29) is 10.6 Å². The Morgan fingerprint density at radius 2 is 1.93 bits per heavy atom. The molecule has 1 aromatic rings. The van der Waals surface area contributed by atoms with Gasteiger partial charge in [0.1, 0.15) is 0 Å². The fourth-order valence-electron chi connectivity index (χ4n) is 2.76. The van der Waals surface area contributed by atoms with Crippen LogP contribution in [0.15, 0.2) is 29.3 Å². The molecule has 1 aromatic carbocycles. The van der Waals surface area contributed by atoms with Crippen LogP contribution in [0, 0.1) is 16.0 Å². The van der Waals surface area contributed by atoms with Crippen molar-refractivity contribution in [2.24, 2.45) is 10.9 Å². The Morgan fingerprint density at radius 3 is 2.54 bits per heavy atom. The van der Waals surface area contributed by atoms with E-state index in [9.17, 15) is 10.1 Å². The molecule has 0 bridgehead atoms. The Bertz CT molecular complexity index is 627. The van der Waals surface area contributed by atoms with Crippen molar-refractivity contribution in [3.63, 3.8) is 0 Å². The lowest BCUT2D eigenvalue weighted by molar-refractivity contribution is -0.384. The van der Waals surface area contributed by atoms with Crippen molar-refractivity contribution in [3.05, 3.63) is 39.9 Å². The van der Waals surface area contributed by atoms with Crippen LogP contribution in [0.25, 0.3) is 0 Å². The van der Waals surface area contributed by atoms with Crippen molar-refractivity contribution in [3.8, 4) is 0 Å². The minimum Gasteiger partial charge on any atom is -0.379 e. The van der Waals surface area contributed by atoms with Gasteiger partial charge >= 0.3 is 0 Å². The third-order valence-corrected chi connectivity index (χ3v) is 4.98. The summed E-state index contributed by atoms with van der Waals surface area (Å²) < 4.78 is 5.38. The fraction of sp³-hybridized carbons (Fsp3) is 0.650.